The largest absolute Gasteiger partial charge is 0.497 e. The molecule has 0 radical (unpaired) electrons. The van der Waals surface area contributed by atoms with Crippen LogP contribution in [0.3, 0.4) is 0 Å². The number of hydrogen-bond acceptors (Lipinski definition) is 2. The molecule has 25 heavy (non-hydrogen) atoms. The summed E-state index contributed by atoms with van der Waals surface area (Å²) in [6.45, 7) is 2.11. The van der Waals surface area contributed by atoms with Crippen LogP contribution >= 0.6 is 0 Å². The van der Waals surface area contributed by atoms with E-state index in [9.17, 15) is 14.3 Å². The van der Waals surface area contributed by atoms with Gasteiger partial charge in [0, 0.05) is 0 Å². The highest BCUT2D eigenvalue weighted by atomic mass is 19.1. The number of carboxylic acid groups (broad SMARTS) is 1. The lowest BCUT2D eigenvalue weighted by Gasteiger charge is -2.17. The Kier molecular flexibility index (Phi) is 6.99. The van der Waals surface area contributed by atoms with E-state index >= 15 is 0 Å². The Labute approximate surface area is 148 Å². The van der Waals surface area contributed by atoms with Gasteiger partial charge in [-0.15, -0.1) is 0 Å². The second kappa shape index (κ2) is 9.21. The van der Waals surface area contributed by atoms with Gasteiger partial charge >= 0.3 is 5.97 Å². The number of carboxylic acids is 1. The topological polar surface area (TPSA) is 46.5 Å². The molecule has 2 aromatic carbocycles. The Balaban J connectivity index is 1.97. The Morgan fingerprint density at radius 2 is 2.00 bits per heavy atom. The minimum atomic E-state index is -0.943. The summed E-state index contributed by atoms with van der Waals surface area (Å²) in [6.07, 6.45) is 4.75. The first kappa shape index (κ1) is 19.0. The van der Waals surface area contributed by atoms with Crippen molar-refractivity contribution in [2.45, 2.75) is 44.9 Å². The summed E-state index contributed by atoms with van der Waals surface area (Å²) >= 11 is 0. The van der Waals surface area contributed by atoms with E-state index in [1.165, 1.54) is 6.07 Å². The average molecular weight is 344 g/mol. The number of rotatable bonds is 9. The zero-order chi connectivity index (χ0) is 18.2. The van der Waals surface area contributed by atoms with Gasteiger partial charge < -0.3 is 9.84 Å². The van der Waals surface area contributed by atoms with Crippen LogP contribution in [0, 0.1) is 5.82 Å². The van der Waals surface area contributed by atoms with Crippen LogP contribution in [-0.2, 0) is 6.42 Å². The van der Waals surface area contributed by atoms with Gasteiger partial charge in [0.2, 0.25) is 0 Å². The minimum absolute atomic E-state index is 0.193. The predicted molar refractivity (Wildman–Crippen MR) is 96.9 cm³/mol. The van der Waals surface area contributed by atoms with Crippen molar-refractivity contribution in [1.29, 1.82) is 0 Å². The molecule has 1 N–H and O–H groups in total. The number of unbranched alkanes of at least 4 members (excludes halogenated alkanes) is 1. The molecule has 0 saturated heterocycles. The Morgan fingerprint density at radius 1 is 1.20 bits per heavy atom. The van der Waals surface area contributed by atoms with E-state index in [4.69, 9.17) is 4.74 Å². The van der Waals surface area contributed by atoms with Crippen LogP contribution in [0.25, 0.3) is 0 Å². The highest BCUT2D eigenvalue weighted by Crippen LogP contribution is 2.30. The smallest absolute Gasteiger partial charge is 0.335 e. The molecule has 2 aromatic rings. The van der Waals surface area contributed by atoms with Gasteiger partial charge in [-0.3, -0.25) is 0 Å². The molecule has 0 heterocycles. The minimum Gasteiger partial charge on any atom is -0.497 e. The monoisotopic (exact) mass is 344 g/mol. The van der Waals surface area contributed by atoms with Crippen molar-refractivity contribution < 1.29 is 19.0 Å². The second-order valence-corrected chi connectivity index (χ2v) is 6.28. The standard InChI is InChI=1S/C21H25FO3/c1-3-16(9-5-4-7-15-8-6-10-19(22)11-15)17-12-18(21(23)24)14-20(13-17)25-2/h6,8,10-14,16H,3-5,7,9H2,1-2H3,(H,23,24). The number of methoxy groups -OCH3 is 1. The Morgan fingerprint density at radius 3 is 2.64 bits per heavy atom. The van der Waals surface area contributed by atoms with Crippen molar-refractivity contribution in [3.05, 3.63) is 65.0 Å². The van der Waals surface area contributed by atoms with Crippen LogP contribution < -0.4 is 4.74 Å². The van der Waals surface area contributed by atoms with Gasteiger partial charge in [-0.25, -0.2) is 9.18 Å². The number of ether oxygens (including phenoxy) is 1. The van der Waals surface area contributed by atoms with Gasteiger partial charge in [0.1, 0.15) is 11.6 Å². The fraction of sp³-hybridized carbons (Fsp3) is 0.381. The molecule has 1 unspecified atom stereocenters. The summed E-state index contributed by atoms with van der Waals surface area (Å²) in [5, 5.41) is 9.26. The van der Waals surface area contributed by atoms with Crippen molar-refractivity contribution in [1.82, 2.24) is 0 Å². The third-order valence-corrected chi connectivity index (χ3v) is 4.53. The summed E-state index contributed by atoms with van der Waals surface area (Å²) < 4.78 is 18.4. The first-order chi connectivity index (χ1) is 12.0. The van der Waals surface area contributed by atoms with E-state index in [1.54, 1.807) is 31.4 Å². The van der Waals surface area contributed by atoms with Crippen molar-refractivity contribution >= 4 is 5.97 Å². The Hall–Kier alpha value is -2.36. The van der Waals surface area contributed by atoms with Gasteiger partial charge in [-0.2, -0.15) is 0 Å². The van der Waals surface area contributed by atoms with Gasteiger partial charge in [0.25, 0.3) is 0 Å². The van der Waals surface area contributed by atoms with Crippen molar-refractivity contribution in [2.75, 3.05) is 7.11 Å². The van der Waals surface area contributed by atoms with Crippen LogP contribution in [0.15, 0.2) is 42.5 Å². The molecule has 0 spiro atoms. The summed E-state index contributed by atoms with van der Waals surface area (Å²) in [6, 6.07) is 11.9. The Bertz CT molecular complexity index is 712. The van der Waals surface area contributed by atoms with E-state index in [0.717, 1.165) is 43.2 Å². The first-order valence-corrected chi connectivity index (χ1v) is 8.70. The molecule has 0 bridgehead atoms. The molecule has 0 amide bonds. The molecule has 134 valence electrons. The summed E-state index contributed by atoms with van der Waals surface area (Å²) in [4.78, 5) is 11.3. The molecule has 0 fully saturated rings. The van der Waals surface area contributed by atoms with E-state index in [-0.39, 0.29) is 11.4 Å². The molecule has 0 aliphatic carbocycles. The second-order valence-electron chi connectivity index (χ2n) is 6.28. The van der Waals surface area contributed by atoms with Gasteiger partial charge in [-0.1, -0.05) is 25.5 Å². The molecule has 0 aliphatic rings. The third kappa shape index (κ3) is 5.59. The number of halogens is 1. The maximum absolute atomic E-state index is 13.2. The maximum Gasteiger partial charge on any atom is 0.335 e. The highest BCUT2D eigenvalue weighted by molar-refractivity contribution is 5.88. The molecule has 0 aromatic heterocycles. The molecule has 0 aliphatic heterocycles. The zero-order valence-electron chi connectivity index (χ0n) is 14.8. The van der Waals surface area contributed by atoms with Crippen molar-refractivity contribution in [2.24, 2.45) is 0 Å². The van der Waals surface area contributed by atoms with Crippen molar-refractivity contribution in [3.63, 3.8) is 0 Å². The summed E-state index contributed by atoms with van der Waals surface area (Å²) in [7, 11) is 1.55. The maximum atomic E-state index is 13.2. The molecule has 3 nitrogen and oxygen atoms in total. The SMILES string of the molecule is CCC(CCCCc1cccc(F)c1)c1cc(OC)cc(C(=O)O)c1. The average Bonchev–Trinajstić information content (AvgIpc) is 2.61. The molecular weight excluding hydrogens is 319 g/mol. The lowest BCUT2D eigenvalue weighted by atomic mass is 9.89. The van der Waals surface area contributed by atoms with E-state index in [0.29, 0.717) is 11.7 Å². The number of carbonyl (C=O) groups is 1. The van der Waals surface area contributed by atoms with Crippen LogP contribution in [0.2, 0.25) is 0 Å². The van der Waals surface area contributed by atoms with E-state index < -0.39 is 5.97 Å². The normalized spacial score (nSPS) is 12.0. The van der Waals surface area contributed by atoms with Crippen LogP contribution in [0.4, 0.5) is 4.39 Å². The van der Waals surface area contributed by atoms with Gasteiger partial charge in [-0.05, 0) is 73.1 Å². The van der Waals surface area contributed by atoms with E-state index in [2.05, 4.69) is 6.92 Å². The lowest BCUT2D eigenvalue weighted by Crippen LogP contribution is -2.03. The molecule has 0 saturated carbocycles. The molecule has 4 heteroatoms. The molecule has 1 atom stereocenters. The fourth-order valence-electron chi connectivity index (χ4n) is 3.12. The molecular formula is C21H25FO3. The lowest BCUT2D eigenvalue weighted by molar-refractivity contribution is 0.0696. The van der Waals surface area contributed by atoms with Crippen LogP contribution in [-0.4, -0.2) is 18.2 Å². The van der Waals surface area contributed by atoms with Crippen LogP contribution in [0.5, 0.6) is 5.75 Å². The number of aryl methyl sites for hydroxylation is 1. The highest BCUT2D eigenvalue weighted by Gasteiger charge is 2.14. The summed E-state index contributed by atoms with van der Waals surface area (Å²) in [5.74, 6) is -0.267. The number of hydrogen-bond donors (Lipinski definition) is 1. The number of aromatic carboxylic acids is 1. The number of benzene rings is 2. The van der Waals surface area contributed by atoms with E-state index in [1.807, 2.05) is 12.1 Å². The first-order valence-electron chi connectivity index (χ1n) is 8.70. The van der Waals surface area contributed by atoms with Crippen LogP contribution in [0.1, 0.15) is 60.0 Å². The predicted octanol–water partition coefficient (Wildman–Crippen LogP) is 5.44. The summed E-state index contributed by atoms with van der Waals surface area (Å²) in [5.41, 5.74) is 2.28. The zero-order valence-corrected chi connectivity index (χ0v) is 14.8. The van der Waals surface area contributed by atoms with Crippen molar-refractivity contribution in [3.8, 4) is 5.75 Å². The van der Waals surface area contributed by atoms with Gasteiger partial charge in [0.15, 0.2) is 0 Å². The molecule has 2 rings (SSSR count). The van der Waals surface area contributed by atoms with Gasteiger partial charge in [0.05, 0.1) is 12.7 Å². The fourth-order valence-corrected chi connectivity index (χ4v) is 3.12. The quantitative estimate of drug-likeness (QED) is 0.616. The third-order valence-electron chi connectivity index (χ3n) is 4.53.